The molecule has 2 aromatic rings. The molecule has 0 aromatic heterocycles. The molecule has 34 heavy (non-hydrogen) atoms. The van der Waals surface area contributed by atoms with Crippen LogP contribution in [-0.4, -0.2) is 54.5 Å². The number of nitrogens with zero attached hydrogens (tertiary/aromatic N) is 4. The second kappa shape index (κ2) is 10.5. The molecule has 4 rings (SSSR count). The van der Waals surface area contributed by atoms with E-state index in [4.69, 9.17) is 0 Å². The van der Waals surface area contributed by atoms with Crippen molar-refractivity contribution in [3.05, 3.63) is 81.7 Å². The fraction of sp³-hybridized carbons (Fsp3) is 0.269. The third-order valence-corrected chi connectivity index (χ3v) is 6.76. The van der Waals surface area contributed by atoms with Gasteiger partial charge in [-0.15, -0.1) is 0 Å². The van der Waals surface area contributed by atoms with Crippen LogP contribution in [0.1, 0.15) is 18.1 Å². The number of nitrogens with one attached hydrogen (secondary N) is 1. The van der Waals surface area contributed by atoms with Gasteiger partial charge in [0.25, 0.3) is 5.91 Å². The van der Waals surface area contributed by atoms with E-state index in [1.54, 1.807) is 9.80 Å². The van der Waals surface area contributed by atoms with E-state index in [1.807, 2.05) is 78.8 Å². The van der Waals surface area contributed by atoms with Gasteiger partial charge in [0.2, 0.25) is 0 Å². The lowest BCUT2D eigenvalue weighted by Crippen LogP contribution is -2.53. The van der Waals surface area contributed by atoms with Gasteiger partial charge in [0.15, 0.2) is 0 Å². The molecule has 0 spiro atoms. The minimum Gasteiger partial charge on any atom is -0.338 e. The highest BCUT2D eigenvalue weighted by atomic mass is 32.2. The van der Waals surface area contributed by atoms with Gasteiger partial charge in [-0.05, 0) is 31.5 Å². The Bertz CT molecular complexity index is 1160. The first-order valence-electron chi connectivity index (χ1n) is 11.3. The van der Waals surface area contributed by atoms with Crippen LogP contribution in [0, 0.1) is 18.3 Å². The van der Waals surface area contributed by atoms with Crippen molar-refractivity contribution in [3.8, 4) is 6.07 Å². The summed E-state index contributed by atoms with van der Waals surface area (Å²) in [5.41, 5.74) is 4.06. The van der Waals surface area contributed by atoms with Gasteiger partial charge < -0.3 is 20.0 Å². The molecule has 7 nitrogen and oxygen atoms in total. The number of carbonyl (C=O) groups excluding carboxylic acids is 2. The lowest BCUT2D eigenvalue weighted by molar-refractivity contribution is -0.128. The summed E-state index contributed by atoms with van der Waals surface area (Å²) in [4.78, 5) is 30.9. The minimum absolute atomic E-state index is 0.110. The summed E-state index contributed by atoms with van der Waals surface area (Å²) >= 11 is 1.39. The van der Waals surface area contributed by atoms with Crippen LogP contribution in [0.3, 0.4) is 0 Å². The van der Waals surface area contributed by atoms with Gasteiger partial charge in [0, 0.05) is 43.8 Å². The van der Waals surface area contributed by atoms with E-state index in [0.717, 1.165) is 22.5 Å². The number of rotatable bonds is 4. The van der Waals surface area contributed by atoms with E-state index in [9.17, 15) is 14.9 Å². The molecule has 1 fully saturated rings. The van der Waals surface area contributed by atoms with Crippen LogP contribution in [-0.2, 0) is 4.79 Å². The van der Waals surface area contributed by atoms with Crippen LogP contribution >= 0.6 is 11.8 Å². The van der Waals surface area contributed by atoms with Gasteiger partial charge in [0.05, 0.1) is 5.70 Å². The van der Waals surface area contributed by atoms with Gasteiger partial charge in [-0.2, -0.15) is 5.26 Å². The number of hydrogen-bond acceptors (Lipinski definition) is 5. The Hall–Kier alpha value is -3.70. The fourth-order valence-corrected chi connectivity index (χ4v) is 5.00. The Morgan fingerprint density at radius 3 is 2.26 bits per heavy atom. The fourth-order valence-electron chi connectivity index (χ4n) is 3.97. The third-order valence-electron chi connectivity index (χ3n) is 5.81. The highest BCUT2D eigenvalue weighted by molar-refractivity contribution is 8.06. The molecule has 0 atom stereocenters. The lowest BCUT2D eigenvalue weighted by atomic mass is 10.1. The number of thioether (sulfide) groups is 1. The molecule has 2 aliphatic rings. The number of benzene rings is 2. The Morgan fingerprint density at radius 1 is 1.00 bits per heavy atom. The molecule has 1 saturated heterocycles. The second-order valence-electron chi connectivity index (χ2n) is 8.06. The van der Waals surface area contributed by atoms with Crippen LogP contribution in [0.4, 0.5) is 10.5 Å². The van der Waals surface area contributed by atoms with Gasteiger partial charge in [-0.1, -0.05) is 59.8 Å². The molecule has 8 heteroatoms. The average molecular weight is 474 g/mol. The Balaban J connectivity index is 1.64. The molecule has 2 heterocycles. The van der Waals surface area contributed by atoms with Crippen molar-refractivity contribution in [2.24, 2.45) is 0 Å². The van der Waals surface area contributed by atoms with E-state index in [-0.39, 0.29) is 17.5 Å². The summed E-state index contributed by atoms with van der Waals surface area (Å²) in [5.74, 6) is -0.305. The Labute approximate surface area is 204 Å². The number of aryl methyl sites for hydroxylation is 1. The standard InChI is InChI=1S/C26H27N5O2S/c1-3-28-26(33)30-15-13-29(14-16-30)24(32)22(17-27)25-31(21-11-9-19(2)10-12-21)23(18-34-25)20-7-5-4-6-8-20/h4-12,18H,3,13-16H2,1-2H3,(H,28,33)/b25-22-. The lowest BCUT2D eigenvalue weighted by Gasteiger charge is -2.35. The number of nitriles is 1. The van der Waals surface area contributed by atoms with Gasteiger partial charge in [-0.25, -0.2) is 4.79 Å². The molecule has 2 aromatic carbocycles. The SMILES string of the molecule is CCNC(=O)N1CCN(C(=O)/C(C#N)=C2\SC=C(c3ccccc3)N2c2ccc(C)cc2)CC1. The molecule has 3 amide bonds. The summed E-state index contributed by atoms with van der Waals surface area (Å²) in [6, 6.07) is 20.0. The van der Waals surface area contributed by atoms with Crippen LogP contribution in [0.2, 0.25) is 0 Å². The van der Waals surface area contributed by atoms with Crippen molar-refractivity contribution < 1.29 is 9.59 Å². The number of piperazine rings is 1. The first-order chi connectivity index (χ1) is 16.5. The van der Waals surface area contributed by atoms with Crippen LogP contribution < -0.4 is 10.2 Å². The van der Waals surface area contributed by atoms with E-state index in [0.29, 0.717) is 37.8 Å². The second-order valence-corrected chi connectivity index (χ2v) is 8.92. The smallest absolute Gasteiger partial charge is 0.317 e. The maximum Gasteiger partial charge on any atom is 0.317 e. The van der Waals surface area contributed by atoms with Gasteiger partial charge >= 0.3 is 6.03 Å². The topological polar surface area (TPSA) is 79.7 Å². The maximum absolute atomic E-state index is 13.5. The molecule has 1 N–H and O–H groups in total. The maximum atomic E-state index is 13.5. The number of urea groups is 1. The van der Waals surface area contributed by atoms with Gasteiger partial charge in [0.1, 0.15) is 16.7 Å². The van der Waals surface area contributed by atoms with Crippen LogP contribution in [0.5, 0.6) is 0 Å². The zero-order valence-corrected chi connectivity index (χ0v) is 20.1. The predicted molar refractivity (Wildman–Crippen MR) is 136 cm³/mol. The van der Waals surface area contributed by atoms with Crippen molar-refractivity contribution in [1.29, 1.82) is 5.26 Å². The zero-order valence-electron chi connectivity index (χ0n) is 19.3. The first-order valence-corrected chi connectivity index (χ1v) is 12.2. The zero-order chi connectivity index (χ0) is 24.1. The number of carbonyl (C=O) groups is 2. The van der Waals surface area contributed by atoms with Crippen molar-refractivity contribution in [1.82, 2.24) is 15.1 Å². The first kappa shape index (κ1) is 23.5. The van der Waals surface area contributed by atoms with E-state index in [2.05, 4.69) is 11.4 Å². The molecule has 174 valence electrons. The monoisotopic (exact) mass is 473 g/mol. The summed E-state index contributed by atoms with van der Waals surface area (Å²) < 4.78 is 0. The van der Waals surface area contributed by atoms with Crippen LogP contribution in [0.25, 0.3) is 5.70 Å². The van der Waals surface area contributed by atoms with Crippen molar-refractivity contribution in [2.45, 2.75) is 13.8 Å². The van der Waals surface area contributed by atoms with E-state index < -0.39 is 0 Å². The quantitative estimate of drug-likeness (QED) is 0.533. The average Bonchev–Trinajstić information content (AvgIpc) is 3.30. The number of amides is 3. The molecule has 0 saturated carbocycles. The number of hydrogen-bond donors (Lipinski definition) is 1. The van der Waals surface area contributed by atoms with E-state index >= 15 is 0 Å². The predicted octanol–water partition coefficient (Wildman–Crippen LogP) is 4.16. The number of anilines is 1. The van der Waals surface area contributed by atoms with Crippen molar-refractivity contribution in [3.63, 3.8) is 0 Å². The largest absolute Gasteiger partial charge is 0.338 e. The Kier molecular flexibility index (Phi) is 7.24. The summed E-state index contributed by atoms with van der Waals surface area (Å²) in [7, 11) is 0. The highest BCUT2D eigenvalue weighted by Gasteiger charge is 2.33. The summed E-state index contributed by atoms with van der Waals surface area (Å²) in [6.45, 7) is 6.12. The Morgan fingerprint density at radius 2 is 1.65 bits per heavy atom. The normalized spacial score (nSPS) is 17.2. The molecule has 0 aliphatic carbocycles. The summed E-state index contributed by atoms with van der Waals surface area (Å²) in [6.07, 6.45) is 0. The molecule has 0 radical (unpaired) electrons. The molecular weight excluding hydrogens is 446 g/mol. The summed E-state index contributed by atoms with van der Waals surface area (Å²) in [5, 5.41) is 15.4. The van der Waals surface area contributed by atoms with Crippen LogP contribution in [0.15, 0.2) is 70.6 Å². The van der Waals surface area contributed by atoms with Crippen molar-refractivity contribution >= 4 is 35.1 Å². The van der Waals surface area contributed by atoms with Gasteiger partial charge in [-0.3, -0.25) is 4.79 Å². The van der Waals surface area contributed by atoms with Crippen molar-refractivity contribution in [2.75, 3.05) is 37.6 Å². The van der Waals surface area contributed by atoms with E-state index in [1.165, 1.54) is 11.8 Å². The highest BCUT2D eigenvalue weighted by Crippen LogP contribution is 2.44. The molecule has 0 unspecified atom stereocenters. The molecule has 2 aliphatic heterocycles. The molecule has 0 bridgehead atoms. The minimum atomic E-state index is -0.305. The third kappa shape index (κ3) is 4.80. The molecular formula is C26H27N5O2S.